The van der Waals surface area contributed by atoms with Crippen molar-refractivity contribution < 1.29 is 13.3 Å². The summed E-state index contributed by atoms with van der Waals surface area (Å²) in [5.74, 6) is 0. The lowest BCUT2D eigenvalue weighted by Crippen LogP contribution is -2.24. The summed E-state index contributed by atoms with van der Waals surface area (Å²) in [4.78, 5) is 0. The van der Waals surface area contributed by atoms with E-state index in [4.69, 9.17) is 10.3 Å². The Bertz CT molecular complexity index is 439. The maximum absolute atomic E-state index is 14.0. The molecular weight excluding hydrogens is 252 g/mol. The third-order valence-corrected chi connectivity index (χ3v) is 4.26. The highest BCUT2D eigenvalue weighted by atomic mass is 31.2. The van der Waals surface area contributed by atoms with Gasteiger partial charge in [-0.15, -0.1) is 0 Å². The van der Waals surface area contributed by atoms with E-state index in [0.717, 1.165) is 0 Å². The second-order valence-electron chi connectivity index (χ2n) is 5.60. The monoisotopic (exact) mass is 273 g/mol. The van der Waals surface area contributed by atoms with E-state index in [-0.39, 0.29) is 11.6 Å². The fourth-order valence-electron chi connectivity index (χ4n) is 1.27. The molecule has 0 aliphatic heterocycles. The van der Waals surface area contributed by atoms with Gasteiger partial charge in [-0.2, -0.15) is 4.20 Å². The Morgan fingerprint density at radius 3 is 2.28 bits per heavy atom. The van der Waals surface area contributed by atoms with Gasteiger partial charge in [-0.1, -0.05) is 32.9 Å². The third-order valence-electron chi connectivity index (χ3n) is 2.89. The summed E-state index contributed by atoms with van der Waals surface area (Å²) < 4.78 is 30.9. The van der Waals surface area contributed by atoms with Crippen LogP contribution in [0, 0.1) is 5.41 Å². The van der Waals surface area contributed by atoms with Gasteiger partial charge in [0.15, 0.2) is 0 Å². The van der Waals surface area contributed by atoms with E-state index in [1.54, 1.807) is 31.2 Å². The number of nitrogen functional groups attached to an aromatic ring is 1. The SMILES string of the molecule is CC(OP(=O)(F)Cc1ccc(N)cc1)C(C)(C)C. The number of nitrogens with two attached hydrogens (primary N) is 1. The van der Waals surface area contributed by atoms with Gasteiger partial charge in [-0.05, 0) is 30.0 Å². The molecule has 18 heavy (non-hydrogen) atoms. The first-order valence-corrected chi connectivity index (χ1v) is 7.62. The molecule has 3 nitrogen and oxygen atoms in total. The van der Waals surface area contributed by atoms with E-state index in [2.05, 4.69) is 0 Å². The molecule has 0 bridgehead atoms. The lowest BCUT2D eigenvalue weighted by molar-refractivity contribution is 0.0968. The number of anilines is 1. The molecule has 102 valence electrons. The molecule has 2 atom stereocenters. The van der Waals surface area contributed by atoms with E-state index in [1.165, 1.54) is 0 Å². The van der Waals surface area contributed by atoms with E-state index in [9.17, 15) is 8.76 Å². The molecule has 0 heterocycles. The molecular formula is C13H21FNO2P. The molecule has 1 aromatic carbocycles. The Labute approximate surface area is 108 Å². The highest BCUT2D eigenvalue weighted by molar-refractivity contribution is 7.52. The van der Waals surface area contributed by atoms with Crippen molar-refractivity contribution in [1.82, 2.24) is 0 Å². The van der Waals surface area contributed by atoms with E-state index >= 15 is 0 Å². The Kier molecular flexibility index (Phi) is 4.57. The van der Waals surface area contributed by atoms with Crippen LogP contribution in [-0.4, -0.2) is 6.10 Å². The van der Waals surface area contributed by atoms with Crippen molar-refractivity contribution in [2.75, 3.05) is 5.73 Å². The predicted molar refractivity (Wildman–Crippen MR) is 73.3 cm³/mol. The molecule has 0 spiro atoms. The van der Waals surface area contributed by atoms with Crippen molar-refractivity contribution in [3.05, 3.63) is 29.8 Å². The molecule has 0 fully saturated rings. The summed E-state index contributed by atoms with van der Waals surface area (Å²) in [6.07, 6.45) is -0.629. The van der Waals surface area contributed by atoms with Crippen LogP contribution in [0.15, 0.2) is 24.3 Å². The van der Waals surface area contributed by atoms with Gasteiger partial charge in [-0.25, -0.2) is 0 Å². The summed E-state index contributed by atoms with van der Waals surface area (Å²) in [5.41, 5.74) is 6.50. The molecule has 0 aliphatic rings. The van der Waals surface area contributed by atoms with Crippen LogP contribution in [0.25, 0.3) is 0 Å². The first-order valence-electron chi connectivity index (χ1n) is 5.92. The maximum atomic E-state index is 14.0. The minimum absolute atomic E-state index is 0.215. The normalized spacial score (nSPS) is 17.2. The first-order chi connectivity index (χ1) is 8.10. The average Bonchev–Trinajstić information content (AvgIpc) is 2.19. The molecule has 0 saturated carbocycles. The van der Waals surface area contributed by atoms with Crippen LogP contribution in [-0.2, 0) is 15.3 Å². The maximum Gasteiger partial charge on any atom is 0.372 e. The number of hydrogen-bond acceptors (Lipinski definition) is 3. The van der Waals surface area contributed by atoms with Gasteiger partial charge in [0.05, 0.1) is 12.3 Å². The van der Waals surface area contributed by atoms with E-state index in [1.807, 2.05) is 20.8 Å². The zero-order valence-electron chi connectivity index (χ0n) is 11.3. The Morgan fingerprint density at radius 1 is 1.33 bits per heavy atom. The van der Waals surface area contributed by atoms with Crippen LogP contribution < -0.4 is 5.73 Å². The van der Waals surface area contributed by atoms with Crippen molar-refractivity contribution in [1.29, 1.82) is 0 Å². The second kappa shape index (κ2) is 5.41. The first kappa shape index (κ1) is 15.2. The van der Waals surface area contributed by atoms with Gasteiger partial charge < -0.3 is 10.3 Å². The van der Waals surface area contributed by atoms with Gasteiger partial charge in [0.1, 0.15) is 0 Å². The topological polar surface area (TPSA) is 52.3 Å². The molecule has 1 rings (SSSR count). The zero-order valence-corrected chi connectivity index (χ0v) is 12.2. The number of rotatable bonds is 4. The fraction of sp³-hybridized carbons (Fsp3) is 0.538. The highest BCUT2D eigenvalue weighted by Gasteiger charge is 2.31. The predicted octanol–water partition coefficient (Wildman–Crippen LogP) is 4.38. The molecule has 2 N–H and O–H groups in total. The molecule has 0 aliphatic carbocycles. The summed E-state index contributed by atoms with van der Waals surface area (Å²) in [5, 5.41) is 0. The van der Waals surface area contributed by atoms with Crippen molar-refractivity contribution in [3.8, 4) is 0 Å². The smallest absolute Gasteiger partial charge is 0.372 e. The lowest BCUT2D eigenvalue weighted by Gasteiger charge is -2.28. The average molecular weight is 273 g/mol. The minimum Gasteiger partial charge on any atom is -0.399 e. The van der Waals surface area contributed by atoms with Crippen LogP contribution in [0.5, 0.6) is 0 Å². The zero-order chi connectivity index (χ0) is 14.0. The second-order valence-corrected chi connectivity index (χ2v) is 7.31. The molecule has 0 aromatic heterocycles. The molecule has 2 unspecified atom stereocenters. The standard InChI is InChI=1S/C13H21FNO2P/c1-10(13(2,3)4)17-18(14,16)9-11-5-7-12(15)8-6-11/h5-8,10H,9,15H2,1-4H3. The van der Waals surface area contributed by atoms with Crippen molar-refractivity contribution in [2.45, 2.75) is 40.0 Å². The van der Waals surface area contributed by atoms with Gasteiger partial charge in [-0.3, -0.25) is 4.57 Å². The number of benzene rings is 1. The van der Waals surface area contributed by atoms with Crippen LogP contribution in [0.2, 0.25) is 0 Å². The van der Waals surface area contributed by atoms with Crippen LogP contribution in [0.4, 0.5) is 9.88 Å². The molecule has 0 amide bonds. The summed E-state index contributed by atoms with van der Waals surface area (Å²) >= 11 is 0. The number of halogens is 1. The quantitative estimate of drug-likeness (QED) is 0.654. The van der Waals surface area contributed by atoms with Gasteiger partial charge >= 0.3 is 7.68 Å². The summed E-state index contributed by atoms with van der Waals surface area (Å²) in [6, 6.07) is 6.63. The van der Waals surface area contributed by atoms with Gasteiger partial charge in [0.25, 0.3) is 0 Å². The van der Waals surface area contributed by atoms with Gasteiger partial charge in [0.2, 0.25) is 0 Å². The van der Waals surface area contributed by atoms with Crippen LogP contribution in [0.3, 0.4) is 0 Å². The van der Waals surface area contributed by atoms with Gasteiger partial charge in [0, 0.05) is 5.69 Å². The molecule has 0 saturated heterocycles. The lowest BCUT2D eigenvalue weighted by atomic mass is 9.91. The summed E-state index contributed by atoms with van der Waals surface area (Å²) in [6.45, 7) is 7.48. The van der Waals surface area contributed by atoms with Crippen LogP contribution in [0.1, 0.15) is 33.3 Å². The Morgan fingerprint density at radius 2 is 1.83 bits per heavy atom. The fourth-order valence-corrected chi connectivity index (χ4v) is 2.78. The number of hydrogen-bond donors (Lipinski definition) is 1. The largest absolute Gasteiger partial charge is 0.399 e. The minimum atomic E-state index is -4.12. The molecule has 5 heteroatoms. The highest BCUT2D eigenvalue weighted by Crippen LogP contribution is 2.54. The molecule has 1 aromatic rings. The van der Waals surface area contributed by atoms with Crippen LogP contribution >= 0.6 is 7.68 Å². The van der Waals surface area contributed by atoms with Crippen molar-refractivity contribution in [3.63, 3.8) is 0 Å². The summed E-state index contributed by atoms with van der Waals surface area (Å²) in [7, 11) is -4.12. The van der Waals surface area contributed by atoms with E-state index in [0.29, 0.717) is 11.3 Å². The third kappa shape index (κ3) is 4.79. The van der Waals surface area contributed by atoms with E-state index < -0.39 is 13.8 Å². The molecule has 0 radical (unpaired) electrons. The Hall–Kier alpha value is -0.860. The Balaban J connectivity index is 2.70. The van der Waals surface area contributed by atoms with Crippen molar-refractivity contribution >= 4 is 13.4 Å². The van der Waals surface area contributed by atoms with Crippen molar-refractivity contribution in [2.24, 2.45) is 5.41 Å².